The Bertz CT molecular complexity index is 1290. The van der Waals surface area contributed by atoms with Crippen LogP contribution in [0, 0.1) is 0 Å². The van der Waals surface area contributed by atoms with Crippen LogP contribution in [0.4, 0.5) is 17.1 Å². The molecule has 4 aromatic carbocycles. The predicted molar refractivity (Wildman–Crippen MR) is 146 cm³/mol. The summed E-state index contributed by atoms with van der Waals surface area (Å²) in [6, 6.07) is 34.2. The van der Waals surface area contributed by atoms with E-state index in [4.69, 9.17) is 0 Å². The van der Waals surface area contributed by atoms with Gasteiger partial charge in [0.15, 0.2) is 5.78 Å². The molecule has 0 saturated carbocycles. The van der Waals surface area contributed by atoms with E-state index < -0.39 is 0 Å². The smallest absolute Gasteiger partial charge is 0.173 e. The summed E-state index contributed by atoms with van der Waals surface area (Å²) in [5.74, 6) is 0.125. The SMILES string of the molecule is CCC1(CC)c2cc(C(=O)CBr)ccc2-c2ccc(N(c3ccccc3)c3ccccc3)cc21. The third kappa shape index (κ3) is 3.59. The highest BCUT2D eigenvalue weighted by atomic mass is 79.9. The van der Waals surface area contributed by atoms with Gasteiger partial charge in [-0.3, -0.25) is 4.79 Å². The zero-order valence-electron chi connectivity index (χ0n) is 19.6. The Hall–Kier alpha value is -3.17. The molecule has 0 N–H and O–H groups in total. The van der Waals surface area contributed by atoms with E-state index in [2.05, 4.69) is 126 Å². The Balaban J connectivity index is 1.70. The number of ketones is 1. The van der Waals surface area contributed by atoms with Crippen LogP contribution in [0.3, 0.4) is 0 Å². The van der Waals surface area contributed by atoms with Crippen molar-refractivity contribution in [2.45, 2.75) is 32.1 Å². The molecular weight excluding hydrogens is 482 g/mol. The minimum Gasteiger partial charge on any atom is -0.310 e. The predicted octanol–water partition coefficient (Wildman–Crippen LogP) is 8.82. The number of carbonyl (C=O) groups excluding carboxylic acids is 1. The van der Waals surface area contributed by atoms with Crippen LogP contribution in [-0.4, -0.2) is 11.1 Å². The lowest BCUT2D eigenvalue weighted by Gasteiger charge is -2.32. The molecule has 0 atom stereocenters. The minimum atomic E-state index is -0.109. The Morgan fingerprint density at radius 1 is 0.706 bits per heavy atom. The summed E-state index contributed by atoms with van der Waals surface area (Å²) >= 11 is 3.34. The standard InChI is InChI=1S/C31H28BrNO/c1-3-31(4-2)28-19-22(30(34)21-32)15-17-26(28)27-18-16-25(20-29(27)31)33(23-11-7-5-8-12-23)24-13-9-6-10-14-24/h5-20H,3-4,21H2,1-2H3. The van der Waals surface area contributed by atoms with Crippen molar-refractivity contribution in [2.75, 3.05) is 10.2 Å². The lowest BCUT2D eigenvalue weighted by Crippen LogP contribution is -2.24. The monoisotopic (exact) mass is 509 g/mol. The van der Waals surface area contributed by atoms with Crippen LogP contribution >= 0.6 is 15.9 Å². The molecule has 3 heteroatoms. The van der Waals surface area contributed by atoms with Gasteiger partial charge in [0, 0.05) is 28.0 Å². The van der Waals surface area contributed by atoms with Crippen LogP contribution in [0.1, 0.15) is 48.2 Å². The van der Waals surface area contributed by atoms with E-state index in [1.165, 1.54) is 22.3 Å². The molecule has 34 heavy (non-hydrogen) atoms. The van der Waals surface area contributed by atoms with Gasteiger partial charge in [-0.15, -0.1) is 0 Å². The Morgan fingerprint density at radius 3 is 1.76 bits per heavy atom. The molecule has 0 bridgehead atoms. The van der Waals surface area contributed by atoms with Crippen LogP contribution in [0.25, 0.3) is 11.1 Å². The van der Waals surface area contributed by atoms with Gasteiger partial charge < -0.3 is 4.90 Å². The first-order valence-corrected chi connectivity index (χ1v) is 13.0. The van der Waals surface area contributed by atoms with Gasteiger partial charge in [-0.25, -0.2) is 0 Å². The van der Waals surface area contributed by atoms with Crippen molar-refractivity contribution >= 4 is 38.8 Å². The number of hydrogen-bond donors (Lipinski definition) is 0. The molecule has 1 aliphatic carbocycles. The molecule has 0 unspecified atom stereocenters. The fourth-order valence-corrected chi connectivity index (χ4v) is 5.81. The number of alkyl halides is 1. The van der Waals surface area contributed by atoms with Crippen LogP contribution < -0.4 is 4.90 Å². The lowest BCUT2D eigenvalue weighted by molar-refractivity contribution is 0.102. The molecular formula is C31H28BrNO. The van der Waals surface area contributed by atoms with Gasteiger partial charge in [0.25, 0.3) is 0 Å². The maximum atomic E-state index is 12.5. The van der Waals surface area contributed by atoms with Gasteiger partial charge in [-0.2, -0.15) is 0 Å². The van der Waals surface area contributed by atoms with E-state index in [0.29, 0.717) is 5.33 Å². The van der Waals surface area contributed by atoms with Crippen molar-refractivity contribution in [3.63, 3.8) is 0 Å². The molecule has 0 fully saturated rings. The van der Waals surface area contributed by atoms with Gasteiger partial charge in [0.05, 0.1) is 5.33 Å². The van der Waals surface area contributed by atoms with E-state index in [1.807, 2.05) is 6.07 Å². The van der Waals surface area contributed by atoms with Crippen LogP contribution in [0.15, 0.2) is 97.1 Å². The van der Waals surface area contributed by atoms with Crippen molar-refractivity contribution in [1.29, 1.82) is 0 Å². The number of fused-ring (bicyclic) bond motifs is 3. The normalized spacial score (nSPS) is 13.3. The first-order chi connectivity index (χ1) is 16.6. The summed E-state index contributed by atoms with van der Waals surface area (Å²) in [5, 5.41) is 0.344. The largest absolute Gasteiger partial charge is 0.310 e. The van der Waals surface area contributed by atoms with E-state index >= 15 is 0 Å². The molecule has 0 saturated heterocycles. The first kappa shape index (κ1) is 22.6. The highest BCUT2D eigenvalue weighted by Crippen LogP contribution is 2.54. The van der Waals surface area contributed by atoms with Gasteiger partial charge in [0.2, 0.25) is 0 Å². The number of para-hydroxylation sites is 2. The molecule has 0 aromatic heterocycles. The van der Waals surface area contributed by atoms with Gasteiger partial charge in [0.1, 0.15) is 0 Å². The van der Waals surface area contributed by atoms with Crippen molar-refractivity contribution in [3.05, 3.63) is 114 Å². The second-order valence-electron chi connectivity index (χ2n) is 8.84. The Morgan fingerprint density at radius 2 is 1.24 bits per heavy atom. The summed E-state index contributed by atoms with van der Waals surface area (Å²) in [4.78, 5) is 14.8. The maximum Gasteiger partial charge on any atom is 0.173 e. The number of benzene rings is 4. The highest BCUT2D eigenvalue weighted by molar-refractivity contribution is 9.09. The topological polar surface area (TPSA) is 20.3 Å². The molecule has 1 aliphatic rings. The molecule has 2 nitrogen and oxygen atoms in total. The molecule has 0 amide bonds. The summed E-state index contributed by atoms with van der Waals surface area (Å²) in [6.45, 7) is 4.53. The second kappa shape index (κ2) is 9.23. The van der Waals surface area contributed by atoms with E-state index in [9.17, 15) is 4.79 Å². The van der Waals surface area contributed by atoms with Crippen molar-refractivity contribution in [2.24, 2.45) is 0 Å². The van der Waals surface area contributed by atoms with Crippen LogP contribution in [0.5, 0.6) is 0 Å². The summed E-state index contributed by atoms with van der Waals surface area (Å²) in [7, 11) is 0. The van der Waals surface area contributed by atoms with E-state index in [-0.39, 0.29) is 11.2 Å². The summed E-state index contributed by atoms with van der Waals surface area (Å²) in [5.41, 5.74) is 9.25. The first-order valence-electron chi connectivity index (χ1n) is 11.9. The third-order valence-electron chi connectivity index (χ3n) is 7.28. The number of Topliss-reactive ketones (excluding diaryl/α,β-unsaturated/α-hetero) is 1. The molecule has 0 radical (unpaired) electrons. The lowest BCUT2D eigenvalue weighted by atomic mass is 9.73. The fourth-order valence-electron chi connectivity index (χ4n) is 5.49. The van der Waals surface area contributed by atoms with Crippen molar-refractivity contribution in [1.82, 2.24) is 0 Å². The molecule has 4 aromatic rings. The van der Waals surface area contributed by atoms with E-state index in [1.54, 1.807) is 0 Å². The molecule has 0 heterocycles. The maximum absolute atomic E-state index is 12.5. The summed E-state index contributed by atoms with van der Waals surface area (Å²) in [6.07, 6.45) is 1.96. The molecule has 0 spiro atoms. The Kier molecular flexibility index (Phi) is 6.14. The minimum absolute atomic E-state index is 0.109. The number of nitrogens with zero attached hydrogens (tertiary/aromatic N) is 1. The number of halogens is 1. The number of anilines is 3. The van der Waals surface area contributed by atoms with Crippen molar-refractivity contribution < 1.29 is 4.79 Å². The molecule has 0 aliphatic heterocycles. The zero-order valence-corrected chi connectivity index (χ0v) is 21.2. The molecule has 170 valence electrons. The van der Waals surface area contributed by atoms with Crippen LogP contribution in [0.2, 0.25) is 0 Å². The number of rotatable bonds is 7. The summed E-state index contributed by atoms with van der Waals surface area (Å²) < 4.78 is 0. The van der Waals surface area contributed by atoms with Gasteiger partial charge >= 0.3 is 0 Å². The zero-order chi connectivity index (χ0) is 23.7. The van der Waals surface area contributed by atoms with Gasteiger partial charge in [-0.05, 0) is 77.6 Å². The fraction of sp³-hybridized carbons (Fsp3) is 0.194. The van der Waals surface area contributed by atoms with Crippen molar-refractivity contribution in [3.8, 4) is 11.1 Å². The van der Waals surface area contributed by atoms with Crippen LogP contribution in [-0.2, 0) is 5.41 Å². The molecule has 5 rings (SSSR count). The second-order valence-corrected chi connectivity index (χ2v) is 9.40. The van der Waals surface area contributed by atoms with Gasteiger partial charge in [-0.1, -0.05) is 84.4 Å². The third-order valence-corrected chi connectivity index (χ3v) is 7.79. The average molecular weight is 510 g/mol. The van der Waals surface area contributed by atoms with E-state index in [0.717, 1.165) is 35.5 Å². The number of carbonyl (C=O) groups is 1. The Labute approximate surface area is 210 Å². The quantitative estimate of drug-likeness (QED) is 0.183. The highest BCUT2D eigenvalue weighted by Gasteiger charge is 2.41. The average Bonchev–Trinajstić information content (AvgIpc) is 3.18. The number of hydrogen-bond acceptors (Lipinski definition) is 2.